The van der Waals surface area contributed by atoms with Gasteiger partial charge in [-0.2, -0.15) is 0 Å². The van der Waals surface area contributed by atoms with Crippen molar-refractivity contribution in [2.45, 2.75) is 31.7 Å². The summed E-state index contributed by atoms with van der Waals surface area (Å²) in [6.45, 7) is 3.42. The third kappa shape index (κ3) is 2.86. The highest BCUT2D eigenvalue weighted by Crippen LogP contribution is 2.27. The maximum atomic E-state index is 4.54. The molecule has 110 valence electrons. The highest BCUT2D eigenvalue weighted by Gasteiger charge is 2.25. The normalized spacial score (nSPS) is 20.1. The Kier molecular flexibility index (Phi) is 3.47. The van der Waals surface area contributed by atoms with Gasteiger partial charge >= 0.3 is 0 Å². The lowest BCUT2D eigenvalue weighted by Crippen LogP contribution is -2.38. The summed E-state index contributed by atoms with van der Waals surface area (Å²) in [5, 5.41) is 4.84. The molecule has 1 aliphatic carbocycles. The first-order valence-electron chi connectivity index (χ1n) is 8.08. The summed E-state index contributed by atoms with van der Waals surface area (Å²) in [7, 11) is 0. The van der Waals surface area contributed by atoms with E-state index in [4.69, 9.17) is 0 Å². The molecule has 21 heavy (non-hydrogen) atoms. The molecule has 0 radical (unpaired) electrons. The Morgan fingerprint density at radius 2 is 1.86 bits per heavy atom. The molecule has 0 atom stereocenters. The molecule has 2 aliphatic rings. The Morgan fingerprint density at radius 3 is 2.67 bits per heavy atom. The number of anilines is 1. The number of aromatic nitrogens is 2. The van der Waals surface area contributed by atoms with Crippen molar-refractivity contribution in [3.63, 3.8) is 0 Å². The van der Waals surface area contributed by atoms with E-state index in [9.17, 15) is 0 Å². The highest BCUT2D eigenvalue weighted by molar-refractivity contribution is 5.89. The Labute approximate surface area is 125 Å². The Morgan fingerprint density at radius 1 is 1.05 bits per heavy atom. The predicted octanol–water partition coefficient (Wildman–Crippen LogP) is 2.60. The molecule has 1 saturated carbocycles. The zero-order chi connectivity index (χ0) is 14.1. The van der Waals surface area contributed by atoms with Crippen LogP contribution in [0.5, 0.6) is 0 Å². The van der Waals surface area contributed by atoms with Crippen molar-refractivity contribution in [2.24, 2.45) is 5.92 Å². The summed E-state index contributed by atoms with van der Waals surface area (Å²) in [6, 6.07) is 9.13. The third-order valence-corrected chi connectivity index (χ3v) is 4.71. The van der Waals surface area contributed by atoms with E-state index in [0.717, 1.165) is 36.4 Å². The van der Waals surface area contributed by atoms with Crippen LogP contribution in [0.1, 0.15) is 25.7 Å². The minimum absolute atomic E-state index is 0.828. The summed E-state index contributed by atoms with van der Waals surface area (Å²) in [5.74, 6) is 1.93. The van der Waals surface area contributed by atoms with Gasteiger partial charge in [0, 0.05) is 24.5 Å². The molecule has 0 unspecified atom stereocenters. The van der Waals surface area contributed by atoms with Crippen LogP contribution in [0.3, 0.4) is 0 Å². The summed E-state index contributed by atoms with van der Waals surface area (Å²) in [5.41, 5.74) is 1.04. The predicted molar refractivity (Wildman–Crippen MR) is 85.5 cm³/mol. The molecule has 1 saturated heterocycles. The second-order valence-electron chi connectivity index (χ2n) is 6.33. The van der Waals surface area contributed by atoms with E-state index in [1.807, 2.05) is 6.07 Å². The molecule has 4 nitrogen and oxygen atoms in total. The van der Waals surface area contributed by atoms with E-state index >= 15 is 0 Å². The van der Waals surface area contributed by atoms with Gasteiger partial charge in [0.15, 0.2) is 0 Å². The molecule has 4 heteroatoms. The Hall–Kier alpha value is -1.68. The van der Waals surface area contributed by atoms with Gasteiger partial charge in [-0.05, 0) is 50.3 Å². The number of nitrogens with zero attached hydrogens (tertiary/aromatic N) is 3. The fourth-order valence-corrected chi connectivity index (χ4v) is 3.21. The summed E-state index contributed by atoms with van der Waals surface area (Å²) >= 11 is 0. The molecule has 1 aliphatic heterocycles. The molecule has 2 fully saturated rings. The number of para-hydroxylation sites is 1. The molecule has 1 aromatic heterocycles. The lowest BCUT2D eigenvalue weighted by molar-refractivity contribution is 0.381. The number of fused-ring (bicyclic) bond motifs is 1. The monoisotopic (exact) mass is 282 g/mol. The molecular weight excluding hydrogens is 260 g/mol. The van der Waals surface area contributed by atoms with Crippen LogP contribution in [0.2, 0.25) is 0 Å². The number of piperidine rings is 1. The van der Waals surface area contributed by atoms with Crippen LogP contribution in [-0.2, 0) is 0 Å². The summed E-state index contributed by atoms with van der Waals surface area (Å²) in [6.07, 6.45) is 6.98. The average molecular weight is 282 g/mol. The van der Waals surface area contributed by atoms with Crippen LogP contribution in [-0.4, -0.2) is 35.6 Å². The zero-order valence-electron chi connectivity index (χ0n) is 12.3. The van der Waals surface area contributed by atoms with Crippen molar-refractivity contribution in [3.05, 3.63) is 30.6 Å². The van der Waals surface area contributed by atoms with E-state index in [-0.39, 0.29) is 0 Å². The van der Waals surface area contributed by atoms with Gasteiger partial charge in [0.05, 0.1) is 5.52 Å². The lowest BCUT2D eigenvalue weighted by atomic mass is 9.96. The molecule has 0 spiro atoms. The SMILES string of the molecule is c1ccc2c(N3CCC(CNC4CC4)CC3)ncnc2c1. The van der Waals surface area contributed by atoms with E-state index < -0.39 is 0 Å². The number of nitrogens with one attached hydrogen (secondary N) is 1. The van der Waals surface area contributed by atoms with Gasteiger partial charge in [0.1, 0.15) is 12.1 Å². The van der Waals surface area contributed by atoms with Crippen LogP contribution >= 0.6 is 0 Å². The number of hydrogen-bond donors (Lipinski definition) is 1. The van der Waals surface area contributed by atoms with Crippen molar-refractivity contribution in [2.75, 3.05) is 24.5 Å². The first-order chi connectivity index (χ1) is 10.4. The van der Waals surface area contributed by atoms with Gasteiger partial charge in [-0.15, -0.1) is 0 Å². The van der Waals surface area contributed by atoms with Crippen molar-refractivity contribution < 1.29 is 0 Å². The largest absolute Gasteiger partial charge is 0.356 e. The third-order valence-electron chi connectivity index (χ3n) is 4.71. The van der Waals surface area contributed by atoms with Crippen molar-refractivity contribution in [3.8, 4) is 0 Å². The molecule has 2 heterocycles. The van der Waals surface area contributed by atoms with Gasteiger partial charge in [-0.25, -0.2) is 9.97 Å². The second-order valence-corrected chi connectivity index (χ2v) is 6.33. The fourth-order valence-electron chi connectivity index (χ4n) is 3.21. The van der Waals surface area contributed by atoms with Gasteiger partial charge < -0.3 is 10.2 Å². The van der Waals surface area contributed by atoms with Crippen molar-refractivity contribution in [1.82, 2.24) is 15.3 Å². The first-order valence-corrected chi connectivity index (χ1v) is 8.08. The van der Waals surface area contributed by atoms with E-state index in [2.05, 4.69) is 38.4 Å². The first kappa shape index (κ1) is 13.0. The minimum Gasteiger partial charge on any atom is -0.356 e. The fraction of sp³-hybridized carbons (Fsp3) is 0.529. The van der Waals surface area contributed by atoms with Crippen LogP contribution in [0.25, 0.3) is 10.9 Å². The number of rotatable bonds is 4. The smallest absolute Gasteiger partial charge is 0.139 e. The molecule has 0 amide bonds. The number of hydrogen-bond acceptors (Lipinski definition) is 4. The van der Waals surface area contributed by atoms with Gasteiger partial charge in [-0.1, -0.05) is 12.1 Å². The van der Waals surface area contributed by atoms with Crippen LogP contribution in [0.15, 0.2) is 30.6 Å². The zero-order valence-corrected chi connectivity index (χ0v) is 12.3. The van der Waals surface area contributed by atoms with Crippen LogP contribution in [0.4, 0.5) is 5.82 Å². The summed E-state index contributed by atoms with van der Waals surface area (Å²) < 4.78 is 0. The average Bonchev–Trinajstić information content (AvgIpc) is 3.37. The van der Waals surface area contributed by atoms with Crippen LogP contribution in [0, 0.1) is 5.92 Å². The van der Waals surface area contributed by atoms with Crippen molar-refractivity contribution >= 4 is 16.7 Å². The van der Waals surface area contributed by atoms with Crippen LogP contribution < -0.4 is 10.2 Å². The molecule has 0 bridgehead atoms. The summed E-state index contributed by atoms with van der Waals surface area (Å²) in [4.78, 5) is 11.3. The minimum atomic E-state index is 0.828. The Balaban J connectivity index is 1.44. The highest BCUT2D eigenvalue weighted by atomic mass is 15.2. The lowest BCUT2D eigenvalue weighted by Gasteiger charge is -2.33. The quantitative estimate of drug-likeness (QED) is 0.936. The molecular formula is C17H22N4. The van der Waals surface area contributed by atoms with Gasteiger partial charge in [-0.3, -0.25) is 0 Å². The van der Waals surface area contributed by atoms with E-state index in [1.165, 1.54) is 37.6 Å². The topological polar surface area (TPSA) is 41.0 Å². The standard InChI is InChI=1S/C17H22N4/c1-2-4-16-15(3-1)17(20-12-19-16)21-9-7-13(8-10-21)11-18-14-5-6-14/h1-4,12-14,18H,5-11H2. The molecule has 4 rings (SSSR count). The second kappa shape index (κ2) is 5.60. The molecule has 2 aromatic rings. The van der Waals surface area contributed by atoms with E-state index in [0.29, 0.717) is 0 Å². The van der Waals surface area contributed by atoms with Crippen molar-refractivity contribution in [1.29, 1.82) is 0 Å². The van der Waals surface area contributed by atoms with E-state index in [1.54, 1.807) is 6.33 Å². The maximum absolute atomic E-state index is 4.54. The van der Waals surface area contributed by atoms with Gasteiger partial charge in [0.25, 0.3) is 0 Å². The number of benzene rings is 1. The molecule has 1 aromatic carbocycles. The van der Waals surface area contributed by atoms with Gasteiger partial charge in [0.2, 0.25) is 0 Å². The maximum Gasteiger partial charge on any atom is 0.139 e. The Bertz CT molecular complexity index is 610. The molecule has 1 N–H and O–H groups in total.